The van der Waals surface area contributed by atoms with Crippen LogP contribution in [0.5, 0.6) is 0 Å². The van der Waals surface area contributed by atoms with E-state index in [9.17, 15) is 19.5 Å². The van der Waals surface area contributed by atoms with Crippen LogP contribution in [0.2, 0.25) is 0 Å². The minimum absolute atomic E-state index is 0.169. The number of alkyl carbamates (subject to hydrolysis) is 1. The van der Waals surface area contributed by atoms with E-state index < -0.39 is 23.7 Å². The van der Waals surface area contributed by atoms with E-state index >= 15 is 0 Å². The first-order valence-electron chi connectivity index (χ1n) is 8.36. The molecule has 0 aliphatic carbocycles. The molecule has 1 aromatic rings. The number of benzene rings is 1. The second kappa shape index (κ2) is 9.20. The van der Waals surface area contributed by atoms with Crippen LogP contribution < -0.4 is 5.32 Å². The first-order chi connectivity index (χ1) is 11.6. The molecule has 6 heteroatoms. The molecular formula is C19H27NO5. The Balaban J connectivity index is 2.62. The molecule has 1 aromatic carbocycles. The largest absolute Gasteiger partial charge is 0.480 e. The van der Waals surface area contributed by atoms with Gasteiger partial charge in [-0.2, -0.15) is 0 Å². The highest BCUT2D eigenvalue weighted by molar-refractivity contribution is 5.80. The number of hydrogen-bond acceptors (Lipinski definition) is 4. The zero-order chi connectivity index (χ0) is 19.0. The molecule has 1 rings (SSSR count). The van der Waals surface area contributed by atoms with Crippen molar-refractivity contribution in [3.8, 4) is 0 Å². The number of ether oxygens (including phenoxy) is 1. The lowest BCUT2D eigenvalue weighted by molar-refractivity contribution is -0.139. The number of nitrogens with one attached hydrogen (secondary N) is 1. The van der Waals surface area contributed by atoms with E-state index in [1.807, 2.05) is 24.3 Å². The average Bonchev–Trinajstić information content (AvgIpc) is 2.46. The fourth-order valence-electron chi connectivity index (χ4n) is 2.27. The molecule has 0 aliphatic heterocycles. The molecule has 0 aromatic heterocycles. The van der Waals surface area contributed by atoms with Crippen LogP contribution in [0.4, 0.5) is 4.79 Å². The molecule has 25 heavy (non-hydrogen) atoms. The second-order valence-corrected chi connectivity index (χ2v) is 7.11. The molecule has 0 spiro atoms. The second-order valence-electron chi connectivity index (χ2n) is 7.11. The van der Waals surface area contributed by atoms with E-state index in [0.29, 0.717) is 6.42 Å². The van der Waals surface area contributed by atoms with Crippen molar-refractivity contribution in [3.05, 3.63) is 35.4 Å². The Bertz CT molecular complexity index is 601. The number of amides is 1. The van der Waals surface area contributed by atoms with Gasteiger partial charge in [-0.3, -0.25) is 0 Å². The third kappa shape index (κ3) is 8.88. The molecule has 0 unspecified atom stereocenters. The minimum atomic E-state index is -1.11. The summed E-state index contributed by atoms with van der Waals surface area (Å²) in [6, 6.07) is 6.47. The van der Waals surface area contributed by atoms with Crippen molar-refractivity contribution < 1.29 is 24.2 Å². The van der Waals surface area contributed by atoms with Crippen LogP contribution in [0.25, 0.3) is 0 Å². The van der Waals surface area contributed by atoms with Crippen molar-refractivity contribution in [1.29, 1.82) is 0 Å². The summed E-state index contributed by atoms with van der Waals surface area (Å²) in [7, 11) is 0. The summed E-state index contributed by atoms with van der Waals surface area (Å²) in [5.74, 6) is -0.939. The summed E-state index contributed by atoms with van der Waals surface area (Å²) in [5.41, 5.74) is 1.21. The molecule has 1 amide bonds. The summed E-state index contributed by atoms with van der Waals surface area (Å²) < 4.78 is 5.10. The minimum Gasteiger partial charge on any atom is -0.480 e. The Hall–Kier alpha value is -2.37. The molecule has 0 heterocycles. The topological polar surface area (TPSA) is 92.7 Å². The van der Waals surface area contributed by atoms with Crippen LogP contribution in [-0.4, -0.2) is 34.6 Å². The molecule has 0 fully saturated rings. The van der Waals surface area contributed by atoms with Crippen LogP contribution in [-0.2, 0) is 27.2 Å². The van der Waals surface area contributed by atoms with Crippen LogP contribution in [0.3, 0.4) is 0 Å². The molecule has 0 bridgehead atoms. The number of Topliss-reactive ketones (excluding diaryl/α,β-unsaturated/α-hetero) is 1. The van der Waals surface area contributed by atoms with Gasteiger partial charge in [0.05, 0.1) is 0 Å². The van der Waals surface area contributed by atoms with Gasteiger partial charge in [-0.1, -0.05) is 24.3 Å². The van der Waals surface area contributed by atoms with Crippen molar-refractivity contribution >= 4 is 17.8 Å². The standard InChI is InChI=1S/C19H27NO5/c1-13(21)6-5-7-14-8-10-15(11-9-14)12-16(17(22)23)20-18(24)25-19(2,3)4/h8-11,16H,5-7,12H2,1-4H3,(H,20,24)(H,22,23)/t16-/m0/s1. The van der Waals surface area contributed by atoms with Crippen LogP contribution in [0.15, 0.2) is 24.3 Å². The van der Waals surface area contributed by atoms with E-state index in [1.165, 1.54) is 0 Å². The highest BCUT2D eigenvalue weighted by Crippen LogP contribution is 2.11. The summed E-state index contributed by atoms with van der Waals surface area (Å²) in [5, 5.41) is 11.7. The average molecular weight is 349 g/mol. The van der Waals surface area contributed by atoms with Gasteiger partial charge in [0.25, 0.3) is 0 Å². The number of aryl methyl sites for hydroxylation is 1. The van der Waals surface area contributed by atoms with Gasteiger partial charge in [-0.15, -0.1) is 0 Å². The van der Waals surface area contributed by atoms with Crippen molar-refractivity contribution in [2.75, 3.05) is 0 Å². The molecule has 0 saturated carbocycles. The summed E-state index contributed by atoms with van der Waals surface area (Å²) in [6.45, 7) is 6.72. The molecule has 138 valence electrons. The number of carboxylic acids is 1. The van der Waals surface area contributed by atoms with Gasteiger partial charge < -0.3 is 20.0 Å². The normalized spacial score (nSPS) is 12.3. The fraction of sp³-hybridized carbons (Fsp3) is 0.526. The lowest BCUT2D eigenvalue weighted by Gasteiger charge is -2.22. The highest BCUT2D eigenvalue weighted by Gasteiger charge is 2.24. The van der Waals surface area contributed by atoms with E-state index in [1.54, 1.807) is 27.7 Å². The maximum Gasteiger partial charge on any atom is 0.408 e. The lowest BCUT2D eigenvalue weighted by Crippen LogP contribution is -2.44. The molecule has 0 aliphatic rings. The Labute approximate surface area is 148 Å². The van der Waals surface area contributed by atoms with E-state index in [4.69, 9.17) is 4.74 Å². The molecular weight excluding hydrogens is 322 g/mol. The fourth-order valence-corrected chi connectivity index (χ4v) is 2.27. The van der Waals surface area contributed by atoms with Crippen LogP contribution in [0.1, 0.15) is 51.7 Å². The van der Waals surface area contributed by atoms with Crippen molar-refractivity contribution in [1.82, 2.24) is 5.32 Å². The number of hydrogen-bond donors (Lipinski definition) is 2. The van der Waals surface area contributed by atoms with Crippen molar-refractivity contribution in [3.63, 3.8) is 0 Å². The Morgan fingerprint density at radius 3 is 2.16 bits per heavy atom. The van der Waals surface area contributed by atoms with E-state index in [-0.39, 0.29) is 12.2 Å². The van der Waals surface area contributed by atoms with E-state index in [0.717, 1.165) is 24.0 Å². The monoisotopic (exact) mass is 349 g/mol. The molecule has 0 radical (unpaired) electrons. The van der Waals surface area contributed by atoms with Gasteiger partial charge >= 0.3 is 12.1 Å². The van der Waals surface area contributed by atoms with Gasteiger partial charge in [0, 0.05) is 12.8 Å². The molecule has 0 saturated heterocycles. The van der Waals surface area contributed by atoms with E-state index in [2.05, 4.69) is 5.32 Å². The Morgan fingerprint density at radius 1 is 1.12 bits per heavy atom. The predicted molar refractivity (Wildman–Crippen MR) is 94.6 cm³/mol. The van der Waals surface area contributed by atoms with Gasteiger partial charge in [0.2, 0.25) is 0 Å². The predicted octanol–water partition coefficient (Wildman–Crippen LogP) is 3.12. The third-order valence-electron chi connectivity index (χ3n) is 3.45. The first-order valence-corrected chi connectivity index (χ1v) is 8.36. The SMILES string of the molecule is CC(=O)CCCc1ccc(C[C@H](NC(=O)OC(C)(C)C)C(=O)O)cc1. The first kappa shape index (κ1) is 20.7. The van der Waals surface area contributed by atoms with Crippen LogP contribution in [0, 0.1) is 0 Å². The van der Waals surface area contributed by atoms with Gasteiger partial charge in [-0.25, -0.2) is 9.59 Å². The number of carboxylic acid groups (broad SMARTS) is 1. The number of carbonyl (C=O) groups is 3. The smallest absolute Gasteiger partial charge is 0.408 e. The number of ketones is 1. The van der Waals surface area contributed by atoms with Gasteiger partial charge in [0.15, 0.2) is 0 Å². The third-order valence-corrected chi connectivity index (χ3v) is 3.45. The quantitative estimate of drug-likeness (QED) is 0.752. The number of rotatable bonds is 8. The van der Waals surface area contributed by atoms with Gasteiger partial charge in [0.1, 0.15) is 17.4 Å². The highest BCUT2D eigenvalue weighted by atomic mass is 16.6. The molecule has 2 N–H and O–H groups in total. The maximum atomic E-state index is 11.8. The molecule has 1 atom stereocenters. The van der Waals surface area contributed by atoms with Crippen molar-refractivity contribution in [2.24, 2.45) is 0 Å². The van der Waals surface area contributed by atoms with Crippen LogP contribution >= 0.6 is 0 Å². The Kier molecular flexibility index (Phi) is 7.61. The number of carbonyl (C=O) groups excluding carboxylic acids is 2. The summed E-state index contributed by atoms with van der Waals surface area (Å²) in [6.07, 6.45) is 1.58. The molecule has 6 nitrogen and oxygen atoms in total. The zero-order valence-corrected chi connectivity index (χ0v) is 15.3. The number of aliphatic carboxylic acids is 1. The van der Waals surface area contributed by atoms with Gasteiger partial charge in [-0.05, 0) is 51.7 Å². The summed E-state index contributed by atoms with van der Waals surface area (Å²) >= 11 is 0. The van der Waals surface area contributed by atoms with Crippen molar-refractivity contribution in [2.45, 2.75) is 65.0 Å². The Morgan fingerprint density at radius 2 is 1.68 bits per heavy atom. The zero-order valence-electron chi connectivity index (χ0n) is 15.3. The summed E-state index contributed by atoms with van der Waals surface area (Å²) in [4.78, 5) is 34.1. The lowest BCUT2D eigenvalue weighted by atomic mass is 10.0. The maximum absolute atomic E-state index is 11.8.